The van der Waals surface area contributed by atoms with Gasteiger partial charge in [-0.05, 0) is 63.3 Å². The molecule has 1 aromatic carbocycles. The number of hydrogen-bond donors (Lipinski definition) is 2. The number of ether oxygens (including phenoxy) is 3. The zero-order valence-electron chi connectivity index (χ0n) is 17.5. The highest BCUT2D eigenvalue weighted by molar-refractivity contribution is 14.0. The number of nitrogens with one attached hydrogen (secondary N) is 2. The number of hydrogen-bond acceptors (Lipinski definition) is 4. The molecular formula is C21H35ClIN3O3. The summed E-state index contributed by atoms with van der Waals surface area (Å²) in [5, 5.41) is 7.32. The predicted molar refractivity (Wildman–Crippen MR) is 130 cm³/mol. The minimum absolute atomic E-state index is 0. The molecule has 0 radical (unpaired) electrons. The van der Waals surface area contributed by atoms with Gasteiger partial charge in [-0.3, -0.25) is 0 Å². The first-order valence-electron chi connectivity index (χ1n) is 10.3. The summed E-state index contributed by atoms with van der Waals surface area (Å²) in [6.07, 6.45) is 3.15. The minimum atomic E-state index is -0.0283. The quantitative estimate of drug-likeness (QED) is 0.192. The molecule has 1 atom stereocenters. The second-order valence-corrected chi connectivity index (χ2v) is 7.45. The summed E-state index contributed by atoms with van der Waals surface area (Å²) in [6.45, 7) is 9.63. The maximum Gasteiger partial charge on any atom is 0.191 e. The summed E-state index contributed by atoms with van der Waals surface area (Å²) in [4.78, 5) is 4.61. The van der Waals surface area contributed by atoms with Gasteiger partial charge in [0.05, 0.1) is 6.54 Å². The summed E-state index contributed by atoms with van der Waals surface area (Å²) >= 11 is 5.90. The first-order chi connectivity index (χ1) is 13.7. The van der Waals surface area contributed by atoms with Crippen LogP contribution in [0.4, 0.5) is 0 Å². The number of benzene rings is 1. The summed E-state index contributed by atoms with van der Waals surface area (Å²) in [5.74, 6) is 2.26. The molecule has 1 unspecified atom stereocenters. The lowest BCUT2D eigenvalue weighted by Gasteiger charge is -2.21. The SMILES string of the molecule is CCNC(=NCC(C)Oc1ccc(Cl)cc1)NCCCOCC1CCOCC1.I. The third-order valence-corrected chi connectivity index (χ3v) is 4.71. The fourth-order valence-electron chi connectivity index (χ4n) is 2.89. The van der Waals surface area contributed by atoms with Crippen LogP contribution in [-0.4, -0.2) is 58.1 Å². The highest BCUT2D eigenvalue weighted by Gasteiger charge is 2.13. The van der Waals surface area contributed by atoms with Gasteiger partial charge < -0.3 is 24.8 Å². The van der Waals surface area contributed by atoms with E-state index in [4.69, 9.17) is 25.8 Å². The van der Waals surface area contributed by atoms with E-state index < -0.39 is 0 Å². The van der Waals surface area contributed by atoms with Crippen molar-refractivity contribution in [2.24, 2.45) is 10.9 Å². The van der Waals surface area contributed by atoms with Gasteiger partial charge in [0.25, 0.3) is 0 Å². The molecule has 2 rings (SSSR count). The largest absolute Gasteiger partial charge is 0.489 e. The van der Waals surface area contributed by atoms with Crippen molar-refractivity contribution in [2.45, 2.75) is 39.2 Å². The smallest absolute Gasteiger partial charge is 0.191 e. The molecule has 29 heavy (non-hydrogen) atoms. The molecule has 8 heteroatoms. The Morgan fingerprint density at radius 2 is 1.97 bits per heavy atom. The number of guanidine groups is 1. The van der Waals surface area contributed by atoms with Crippen molar-refractivity contribution in [2.75, 3.05) is 46.1 Å². The number of aliphatic imine (C=N–C) groups is 1. The van der Waals surface area contributed by atoms with Crippen LogP contribution in [0.1, 0.15) is 33.1 Å². The topological polar surface area (TPSA) is 64.1 Å². The Morgan fingerprint density at radius 3 is 2.66 bits per heavy atom. The average molecular weight is 540 g/mol. The summed E-state index contributed by atoms with van der Waals surface area (Å²) in [7, 11) is 0. The molecule has 0 saturated carbocycles. The van der Waals surface area contributed by atoms with Crippen LogP contribution in [0, 0.1) is 5.92 Å². The molecule has 166 valence electrons. The van der Waals surface area contributed by atoms with Crippen LogP contribution >= 0.6 is 35.6 Å². The fraction of sp³-hybridized carbons (Fsp3) is 0.667. The van der Waals surface area contributed by atoms with Gasteiger partial charge in [0.2, 0.25) is 0 Å². The lowest BCUT2D eigenvalue weighted by molar-refractivity contribution is 0.0203. The van der Waals surface area contributed by atoms with Crippen LogP contribution in [0.15, 0.2) is 29.3 Å². The number of halogens is 2. The van der Waals surface area contributed by atoms with Gasteiger partial charge in [0.1, 0.15) is 11.9 Å². The molecule has 1 heterocycles. The van der Waals surface area contributed by atoms with E-state index in [2.05, 4.69) is 22.5 Å². The van der Waals surface area contributed by atoms with Gasteiger partial charge in [0.15, 0.2) is 5.96 Å². The second-order valence-electron chi connectivity index (χ2n) is 7.01. The Balaban J connectivity index is 0.00000420. The molecule has 1 aliphatic rings. The maximum absolute atomic E-state index is 5.90. The second kappa shape index (κ2) is 16.0. The molecule has 0 amide bonds. The van der Waals surface area contributed by atoms with Crippen molar-refractivity contribution >= 4 is 41.5 Å². The number of nitrogens with zero attached hydrogens (tertiary/aromatic N) is 1. The van der Waals surface area contributed by atoms with Crippen LogP contribution in [0.3, 0.4) is 0 Å². The van der Waals surface area contributed by atoms with Gasteiger partial charge in [-0.2, -0.15) is 0 Å². The molecule has 1 aliphatic heterocycles. The Morgan fingerprint density at radius 1 is 1.24 bits per heavy atom. The fourth-order valence-corrected chi connectivity index (χ4v) is 3.01. The third kappa shape index (κ3) is 11.9. The van der Waals surface area contributed by atoms with Crippen molar-refractivity contribution in [3.63, 3.8) is 0 Å². The van der Waals surface area contributed by atoms with Crippen LogP contribution < -0.4 is 15.4 Å². The van der Waals surface area contributed by atoms with Crippen molar-refractivity contribution in [1.82, 2.24) is 10.6 Å². The highest BCUT2D eigenvalue weighted by atomic mass is 127. The van der Waals surface area contributed by atoms with E-state index in [1.165, 1.54) is 0 Å². The lowest BCUT2D eigenvalue weighted by Crippen LogP contribution is -2.38. The van der Waals surface area contributed by atoms with E-state index in [-0.39, 0.29) is 30.1 Å². The highest BCUT2D eigenvalue weighted by Crippen LogP contribution is 2.17. The van der Waals surface area contributed by atoms with E-state index in [1.807, 2.05) is 31.2 Å². The summed E-state index contributed by atoms with van der Waals surface area (Å²) < 4.78 is 17.0. The van der Waals surface area contributed by atoms with Crippen LogP contribution in [0.25, 0.3) is 0 Å². The van der Waals surface area contributed by atoms with Gasteiger partial charge in [-0.25, -0.2) is 4.99 Å². The zero-order valence-corrected chi connectivity index (χ0v) is 20.6. The first kappa shape index (κ1) is 26.3. The van der Waals surface area contributed by atoms with Crippen LogP contribution in [0.5, 0.6) is 5.75 Å². The van der Waals surface area contributed by atoms with Gasteiger partial charge in [-0.15, -0.1) is 24.0 Å². The summed E-state index contributed by atoms with van der Waals surface area (Å²) in [6, 6.07) is 7.38. The Labute approximate surface area is 197 Å². The lowest BCUT2D eigenvalue weighted by atomic mass is 10.0. The van der Waals surface area contributed by atoms with Crippen LogP contribution in [-0.2, 0) is 9.47 Å². The minimum Gasteiger partial charge on any atom is -0.489 e. The molecule has 1 fully saturated rings. The normalized spacial score (nSPS) is 16.0. The van der Waals surface area contributed by atoms with E-state index in [0.29, 0.717) is 17.5 Å². The Kier molecular flexibility index (Phi) is 14.5. The maximum atomic E-state index is 5.90. The van der Waals surface area contributed by atoms with Crippen molar-refractivity contribution < 1.29 is 14.2 Å². The van der Waals surface area contributed by atoms with E-state index in [9.17, 15) is 0 Å². The molecule has 2 N–H and O–H groups in total. The van der Waals surface area contributed by atoms with Crippen molar-refractivity contribution in [3.8, 4) is 5.75 Å². The average Bonchev–Trinajstić information content (AvgIpc) is 2.71. The van der Waals surface area contributed by atoms with E-state index in [1.54, 1.807) is 0 Å². The van der Waals surface area contributed by atoms with Gasteiger partial charge in [0, 0.05) is 44.5 Å². The number of rotatable bonds is 11. The van der Waals surface area contributed by atoms with Crippen LogP contribution in [0.2, 0.25) is 5.02 Å². The zero-order chi connectivity index (χ0) is 20.0. The van der Waals surface area contributed by atoms with E-state index >= 15 is 0 Å². The molecule has 6 nitrogen and oxygen atoms in total. The standard InChI is InChI=1S/C21H34ClN3O3.HI/c1-3-23-21(24-11-4-12-27-16-18-9-13-26-14-10-18)25-15-17(2)28-20-7-5-19(22)6-8-20;/h5-8,17-18H,3-4,9-16H2,1-2H3,(H2,23,24,25);1H. The molecule has 0 aromatic heterocycles. The van der Waals surface area contributed by atoms with Crippen molar-refractivity contribution in [3.05, 3.63) is 29.3 Å². The molecule has 0 spiro atoms. The third-order valence-electron chi connectivity index (χ3n) is 4.45. The van der Waals surface area contributed by atoms with Crippen molar-refractivity contribution in [1.29, 1.82) is 0 Å². The molecule has 0 bridgehead atoms. The predicted octanol–water partition coefficient (Wildman–Crippen LogP) is 4.11. The van der Waals surface area contributed by atoms with Gasteiger partial charge in [-0.1, -0.05) is 11.6 Å². The monoisotopic (exact) mass is 539 g/mol. The Bertz CT molecular complexity index is 569. The summed E-state index contributed by atoms with van der Waals surface area (Å²) in [5.41, 5.74) is 0. The first-order valence-corrected chi connectivity index (χ1v) is 10.6. The van der Waals surface area contributed by atoms with E-state index in [0.717, 1.165) is 70.5 Å². The van der Waals surface area contributed by atoms with Gasteiger partial charge >= 0.3 is 0 Å². The molecule has 1 saturated heterocycles. The molecule has 0 aliphatic carbocycles. The Hall–Kier alpha value is -0.770. The molecule has 1 aromatic rings. The molecular weight excluding hydrogens is 505 g/mol.